The number of benzene rings is 1. The van der Waals surface area contributed by atoms with Gasteiger partial charge in [-0.2, -0.15) is 0 Å². The minimum atomic E-state index is 0.805. The third-order valence-electron chi connectivity index (χ3n) is 7.41. The molecule has 1 aromatic carbocycles. The molecule has 0 saturated heterocycles. The number of hydrogen-bond donors (Lipinski definition) is 0. The van der Waals surface area contributed by atoms with Crippen molar-refractivity contribution in [3.8, 4) is 5.75 Å². The SMILES string of the molecule is C=C[C@H]1CC[C@H](C2CCC(CCc3ccc(OC)c(CCC)c3)CC2)CC1. The van der Waals surface area contributed by atoms with Gasteiger partial charge in [0.2, 0.25) is 0 Å². The molecule has 1 aromatic rings. The number of rotatable bonds is 8. The van der Waals surface area contributed by atoms with E-state index in [1.807, 2.05) is 0 Å². The Bertz CT molecular complexity index is 574. The summed E-state index contributed by atoms with van der Waals surface area (Å²) in [6.07, 6.45) is 18.7. The van der Waals surface area contributed by atoms with Gasteiger partial charge in [0.05, 0.1) is 7.11 Å². The van der Waals surface area contributed by atoms with Gasteiger partial charge >= 0.3 is 0 Å². The molecular formula is C26H40O. The first-order valence-electron chi connectivity index (χ1n) is 11.5. The summed E-state index contributed by atoms with van der Waals surface area (Å²) in [5, 5.41) is 0. The van der Waals surface area contributed by atoms with E-state index in [4.69, 9.17) is 4.74 Å². The highest BCUT2D eigenvalue weighted by molar-refractivity contribution is 5.37. The third-order valence-corrected chi connectivity index (χ3v) is 7.41. The van der Waals surface area contributed by atoms with Crippen molar-refractivity contribution >= 4 is 0 Å². The largest absolute Gasteiger partial charge is 0.496 e. The van der Waals surface area contributed by atoms with Crippen LogP contribution in [0.15, 0.2) is 30.9 Å². The van der Waals surface area contributed by atoms with E-state index in [9.17, 15) is 0 Å². The lowest BCUT2D eigenvalue weighted by Gasteiger charge is -2.37. The summed E-state index contributed by atoms with van der Waals surface area (Å²) in [5.41, 5.74) is 2.89. The fraction of sp³-hybridized carbons (Fsp3) is 0.692. The summed E-state index contributed by atoms with van der Waals surface area (Å²) < 4.78 is 5.53. The van der Waals surface area contributed by atoms with Gasteiger partial charge in [-0.25, -0.2) is 0 Å². The van der Waals surface area contributed by atoms with E-state index in [2.05, 4.69) is 37.8 Å². The fourth-order valence-corrected chi connectivity index (χ4v) is 5.62. The zero-order valence-corrected chi connectivity index (χ0v) is 17.7. The average Bonchev–Trinajstić information content (AvgIpc) is 2.73. The minimum Gasteiger partial charge on any atom is -0.496 e. The Hall–Kier alpha value is -1.24. The summed E-state index contributed by atoms with van der Waals surface area (Å²) in [4.78, 5) is 0. The molecule has 3 rings (SSSR count). The Morgan fingerprint density at radius 3 is 2.22 bits per heavy atom. The summed E-state index contributed by atoms with van der Waals surface area (Å²) in [5.74, 6) is 4.85. The molecule has 0 bridgehead atoms. The lowest BCUT2D eigenvalue weighted by molar-refractivity contribution is 0.153. The lowest BCUT2D eigenvalue weighted by atomic mass is 9.68. The van der Waals surface area contributed by atoms with Crippen LogP contribution in [0, 0.1) is 23.7 Å². The first kappa shape index (κ1) is 20.5. The molecule has 0 unspecified atom stereocenters. The number of ether oxygens (including phenoxy) is 1. The Balaban J connectivity index is 1.43. The first-order valence-corrected chi connectivity index (χ1v) is 11.5. The van der Waals surface area contributed by atoms with E-state index in [-0.39, 0.29) is 0 Å². The summed E-state index contributed by atoms with van der Waals surface area (Å²) >= 11 is 0. The molecule has 0 spiro atoms. The molecule has 1 nitrogen and oxygen atoms in total. The highest BCUT2D eigenvalue weighted by Gasteiger charge is 2.30. The topological polar surface area (TPSA) is 9.23 Å². The monoisotopic (exact) mass is 368 g/mol. The molecule has 0 amide bonds. The molecule has 150 valence electrons. The van der Waals surface area contributed by atoms with Crippen LogP contribution < -0.4 is 4.74 Å². The van der Waals surface area contributed by atoms with Crippen molar-refractivity contribution < 1.29 is 4.74 Å². The predicted octanol–water partition coefficient (Wildman–Crippen LogP) is 7.38. The second kappa shape index (κ2) is 10.3. The molecule has 0 aliphatic heterocycles. The van der Waals surface area contributed by atoms with Gasteiger partial charge in [-0.3, -0.25) is 0 Å². The van der Waals surface area contributed by atoms with E-state index in [0.717, 1.165) is 35.8 Å². The molecule has 0 radical (unpaired) electrons. The van der Waals surface area contributed by atoms with Crippen LogP contribution in [0.5, 0.6) is 5.75 Å². The fourth-order valence-electron chi connectivity index (χ4n) is 5.62. The Morgan fingerprint density at radius 1 is 0.963 bits per heavy atom. The van der Waals surface area contributed by atoms with Crippen LogP contribution >= 0.6 is 0 Å². The van der Waals surface area contributed by atoms with E-state index >= 15 is 0 Å². The van der Waals surface area contributed by atoms with Gasteiger partial charge in [0.1, 0.15) is 5.75 Å². The molecular weight excluding hydrogens is 328 g/mol. The zero-order valence-electron chi connectivity index (χ0n) is 17.7. The minimum absolute atomic E-state index is 0.805. The van der Waals surface area contributed by atoms with Crippen LogP contribution in [0.25, 0.3) is 0 Å². The van der Waals surface area contributed by atoms with Gasteiger partial charge in [-0.1, -0.05) is 44.4 Å². The molecule has 2 saturated carbocycles. The van der Waals surface area contributed by atoms with E-state index < -0.39 is 0 Å². The molecule has 2 fully saturated rings. The number of aryl methyl sites for hydroxylation is 2. The maximum atomic E-state index is 5.53. The quantitative estimate of drug-likeness (QED) is 0.435. The summed E-state index contributed by atoms with van der Waals surface area (Å²) in [6, 6.07) is 6.85. The molecule has 0 atom stereocenters. The predicted molar refractivity (Wildman–Crippen MR) is 116 cm³/mol. The van der Waals surface area contributed by atoms with Crippen molar-refractivity contribution in [1.82, 2.24) is 0 Å². The highest BCUT2D eigenvalue weighted by atomic mass is 16.5. The van der Waals surface area contributed by atoms with Gasteiger partial charge in [-0.05, 0) is 98.7 Å². The van der Waals surface area contributed by atoms with Crippen LogP contribution in [-0.4, -0.2) is 7.11 Å². The van der Waals surface area contributed by atoms with Gasteiger partial charge in [-0.15, -0.1) is 6.58 Å². The Labute approximate surface area is 167 Å². The second-order valence-electron chi connectivity index (χ2n) is 9.13. The number of hydrogen-bond acceptors (Lipinski definition) is 1. The maximum Gasteiger partial charge on any atom is 0.122 e. The smallest absolute Gasteiger partial charge is 0.122 e. The molecule has 27 heavy (non-hydrogen) atoms. The van der Waals surface area contributed by atoms with Gasteiger partial charge < -0.3 is 4.74 Å². The van der Waals surface area contributed by atoms with Gasteiger partial charge in [0.25, 0.3) is 0 Å². The molecule has 2 aliphatic rings. The van der Waals surface area contributed by atoms with Crippen LogP contribution in [0.1, 0.15) is 82.3 Å². The van der Waals surface area contributed by atoms with Crippen LogP contribution in [0.3, 0.4) is 0 Å². The molecule has 0 aromatic heterocycles. The molecule has 0 N–H and O–H groups in total. The third kappa shape index (κ3) is 5.62. The molecule has 1 heteroatoms. The highest BCUT2D eigenvalue weighted by Crippen LogP contribution is 2.42. The van der Waals surface area contributed by atoms with Crippen molar-refractivity contribution in [3.63, 3.8) is 0 Å². The standard InChI is InChI=1S/C26H40O/c1-4-6-25-19-22(13-18-26(25)27-3)8-7-21-11-16-24(17-12-21)23-14-9-20(5-2)10-15-23/h5,13,18-21,23-24H,2,4,6-12,14-17H2,1,3H3/t20-,21?,23-,24?. The van der Waals surface area contributed by atoms with Crippen LogP contribution in [0.2, 0.25) is 0 Å². The average molecular weight is 369 g/mol. The maximum absolute atomic E-state index is 5.53. The summed E-state index contributed by atoms with van der Waals surface area (Å²) in [7, 11) is 1.79. The van der Waals surface area contributed by atoms with E-state index in [0.29, 0.717) is 0 Å². The van der Waals surface area contributed by atoms with Crippen molar-refractivity contribution in [2.45, 2.75) is 84.0 Å². The van der Waals surface area contributed by atoms with E-state index in [1.54, 1.807) is 7.11 Å². The Morgan fingerprint density at radius 2 is 1.63 bits per heavy atom. The lowest BCUT2D eigenvalue weighted by Crippen LogP contribution is -2.25. The first-order chi connectivity index (χ1) is 13.2. The normalized spacial score (nSPS) is 28.7. The van der Waals surface area contributed by atoms with Crippen molar-refractivity contribution in [2.75, 3.05) is 7.11 Å². The van der Waals surface area contributed by atoms with Crippen LogP contribution in [-0.2, 0) is 12.8 Å². The zero-order chi connectivity index (χ0) is 19.1. The summed E-state index contributed by atoms with van der Waals surface area (Å²) in [6.45, 7) is 6.24. The van der Waals surface area contributed by atoms with Gasteiger partial charge in [0, 0.05) is 0 Å². The van der Waals surface area contributed by atoms with Crippen molar-refractivity contribution in [1.29, 1.82) is 0 Å². The van der Waals surface area contributed by atoms with Crippen LogP contribution in [0.4, 0.5) is 0 Å². The van der Waals surface area contributed by atoms with Gasteiger partial charge in [0.15, 0.2) is 0 Å². The number of methoxy groups -OCH3 is 1. The molecule has 0 heterocycles. The van der Waals surface area contributed by atoms with E-state index in [1.165, 1.54) is 81.8 Å². The second-order valence-corrected chi connectivity index (χ2v) is 9.13. The van der Waals surface area contributed by atoms with Crippen molar-refractivity contribution in [3.05, 3.63) is 42.0 Å². The van der Waals surface area contributed by atoms with Crippen molar-refractivity contribution in [2.24, 2.45) is 23.7 Å². The number of allylic oxidation sites excluding steroid dienone is 1. The molecule has 2 aliphatic carbocycles. The Kier molecular flexibility index (Phi) is 7.85.